The van der Waals surface area contributed by atoms with Crippen LogP contribution >= 0.6 is 0 Å². The summed E-state index contributed by atoms with van der Waals surface area (Å²) in [5.74, 6) is 0.507. The van der Waals surface area contributed by atoms with E-state index in [0.29, 0.717) is 12.4 Å². The molecule has 16 heavy (non-hydrogen) atoms. The van der Waals surface area contributed by atoms with Gasteiger partial charge in [-0.3, -0.25) is 10.1 Å². The quantitative estimate of drug-likeness (QED) is 0.720. The Balaban J connectivity index is 0.000000221. The number of aromatic amines is 1. The predicted molar refractivity (Wildman–Crippen MR) is 65.0 cm³/mol. The van der Waals surface area contributed by atoms with Gasteiger partial charge in [-0.15, -0.1) is 0 Å². The summed E-state index contributed by atoms with van der Waals surface area (Å²) in [4.78, 5) is 4.10. The van der Waals surface area contributed by atoms with E-state index in [1.807, 2.05) is 13.0 Å². The van der Waals surface area contributed by atoms with Gasteiger partial charge in [-0.05, 0) is 19.4 Å². The molecule has 0 aliphatic rings. The van der Waals surface area contributed by atoms with E-state index >= 15 is 0 Å². The van der Waals surface area contributed by atoms with E-state index in [1.165, 1.54) is 0 Å². The molecule has 0 atom stereocenters. The molecular formula is C11H18N4O. The second-order valence-corrected chi connectivity index (χ2v) is 3.56. The minimum absolute atomic E-state index is 0.344. The highest BCUT2D eigenvalue weighted by atomic mass is 16.2. The molecule has 0 saturated heterocycles. The van der Waals surface area contributed by atoms with Gasteiger partial charge in [-0.2, -0.15) is 5.10 Å². The largest absolute Gasteiger partial charge is 0.396 e. The van der Waals surface area contributed by atoms with Crippen molar-refractivity contribution >= 4 is 16.7 Å². The molecule has 5 nitrogen and oxygen atoms in total. The van der Waals surface area contributed by atoms with E-state index in [4.69, 9.17) is 10.8 Å². The molecule has 2 aromatic rings. The molecule has 0 unspecified atom stereocenters. The molecule has 0 spiro atoms. The third kappa shape index (κ3) is 3.20. The van der Waals surface area contributed by atoms with Crippen molar-refractivity contribution in [2.24, 2.45) is 0 Å². The van der Waals surface area contributed by atoms with Crippen LogP contribution in [0, 0.1) is 6.92 Å². The molecule has 2 heterocycles. The van der Waals surface area contributed by atoms with Gasteiger partial charge in [0.2, 0.25) is 0 Å². The van der Waals surface area contributed by atoms with Crippen LogP contribution in [0.5, 0.6) is 0 Å². The number of nitrogen functional groups attached to an aromatic ring is 1. The van der Waals surface area contributed by atoms with Gasteiger partial charge in [-0.25, -0.2) is 0 Å². The fourth-order valence-corrected chi connectivity index (χ4v) is 1.20. The van der Waals surface area contributed by atoms with Crippen molar-refractivity contribution in [3.8, 4) is 0 Å². The molecule has 2 rings (SSSR count). The number of unbranched alkanes of at least 4 members (excludes halogenated alkanes) is 1. The van der Waals surface area contributed by atoms with Crippen LogP contribution in [0.25, 0.3) is 10.9 Å². The number of aliphatic hydroxyl groups is 1. The minimum atomic E-state index is 0.344. The van der Waals surface area contributed by atoms with Crippen LogP contribution in [-0.2, 0) is 0 Å². The van der Waals surface area contributed by atoms with Crippen molar-refractivity contribution in [3.63, 3.8) is 0 Å². The number of aromatic nitrogens is 3. The van der Waals surface area contributed by atoms with Gasteiger partial charge in [-0.1, -0.05) is 13.3 Å². The average molecular weight is 222 g/mol. The molecule has 0 fully saturated rings. The third-order valence-corrected chi connectivity index (χ3v) is 2.13. The highest BCUT2D eigenvalue weighted by molar-refractivity contribution is 5.87. The highest BCUT2D eigenvalue weighted by Gasteiger charge is 2.00. The molecule has 0 bridgehead atoms. The van der Waals surface area contributed by atoms with Crippen molar-refractivity contribution in [1.82, 2.24) is 15.2 Å². The Morgan fingerprint density at radius 1 is 1.50 bits per heavy atom. The van der Waals surface area contributed by atoms with Gasteiger partial charge in [0, 0.05) is 18.5 Å². The summed E-state index contributed by atoms with van der Waals surface area (Å²) in [6.07, 6.45) is 3.76. The standard InChI is InChI=1S/C7H8N4.C4H10O/c1-4-2-6-5(3-9-4)7(8)11-10-6;1-2-3-4-5/h2-3H,1H3,(H3,8,10,11);5H,2-4H2,1H3. The number of fused-ring (bicyclic) bond motifs is 1. The molecule has 88 valence electrons. The number of anilines is 1. The number of aliphatic hydroxyl groups excluding tert-OH is 1. The Morgan fingerprint density at radius 3 is 2.81 bits per heavy atom. The summed E-state index contributed by atoms with van der Waals surface area (Å²) < 4.78 is 0. The fraction of sp³-hybridized carbons (Fsp3) is 0.455. The van der Waals surface area contributed by atoms with Crippen LogP contribution in [0.4, 0.5) is 5.82 Å². The molecule has 2 aromatic heterocycles. The van der Waals surface area contributed by atoms with Crippen LogP contribution in [-0.4, -0.2) is 26.9 Å². The number of nitrogens with zero attached hydrogens (tertiary/aromatic N) is 2. The lowest BCUT2D eigenvalue weighted by Gasteiger charge is -1.90. The average Bonchev–Trinajstić information content (AvgIpc) is 2.62. The predicted octanol–water partition coefficient (Wildman–Crippen LogP) is 1.63. The van der Waals surface area contributed by atoms with E-state index < -0.39 is 0 Å². The van der Waals surface area contributed by atoms with E-state index in [2.05, 4.69) is 22.1 Å². The Hall–Kier alpha value is -1.62. The molecule has 0 aliphatic carbocycles. The Morgan fingerprint density at radius 2 is 2.25 bits per heavy atom. The van der Waals surface area contributed by atoms with Crippen molar-refractivity contribution in [2.75, 3.05) is 12.3 Å². The van der Waals surface area contributed by atoms with E-state index in [-0.39, 0.29) is 0 Å². The van der Waals surface area contributed by atoms with E-state index in [0.717, 1.165) is 29.4 Å². The zero-order valence-electron chi connectivity index (χ0n) is 9.70. The molecule has 0 amide bonds. The van der Waals surface area contributed by atoms with Crippen molar-refractivity contribution in [2.45, 2.75) is 26.7 Å². The zero-order chi connectivity index (χ0) is 12.0. The molecule has 0 aliphatic heterocycles. The van der Waals surface area contributed by atoms with Crippen LogP contribution in [0.15, 0.2) is 12.3 Å². The van der Waals surface area contributed by atoms with Crippen LogP contribution in [0.1, 0.15) is 25.5 Å². The fourth-order valence-electron chi connectivity index (χ4n) is 1.20. The molecule has 0 aromatic carbocycles. The molecular weight excluding hydrogens is 204 g/mol. The number of nitrogens with one attached hydrogen (secondary N) is 1. The third-order valence-electron chi connectivity index (χ3n) is 2.13. The van der Waals surface area contributed by atoms with E-state index in [1.54, 1.807) is 6.20 Å². The molecule has 4 N–H and O–H groups in total. The Labute approximate surface area is 94.7 Å². The summed E-state index contributed by atoms with van der Waals surface area (Å²) in [6.45, 7) is 4.32. The number of rotatable bonds is 2. The van der Waals surface area contributed by atoms with Crippen molar-refractivity contribution in [3.05, 3.63) is 18.0 Å². The van der Waals surface area contributed by atoms with Gasteiger partial charge >= 0.3 is 0 Å². The van der Waals surface area contributed by atoms with Gasteiger partial charge in [0.1, 0.15) is 0 Å². The summed E-state index contributed by atoms with van der Waals surface area (Å²) in [5, 5.41) is 15.6. The van der Waals surface area contributed by atoms with Crippen LogP contribution < -0.4 is 5.73 Å². The van der Waals surface area contributed by atoms with Gasteiger partial charge in [0.25, 0.3) is 0 Å². The van der Waals surface area contributed by atoms with Crippen LogP contribution in [0.3, 0.4) is 0 Å². The summed E-state index contributed by atoms with van der Waals surface area (Å²) >= 11 is 0. The number of hydrogen-bond acceptors (Lipinski definition) is 4. The maximum atomic E-state index is 8.07. The van der Waals surface area contributed by atoms with E-state index in [9.17, 15) is 0 Å². The zero-order valence-corrected chi connectivity index (χ0v) is 9.70. The maximum Gasteiger partial charge on any atom is 0.154 e. The Bertz CT molecular complexity index is 436. The van der Waals surface area contributed by atoms with Gasteiger partial charge < -0.3 is 10.8 Å². The second kappa shape index (κ2) is 6.07. The first-order valence-electron chi connectivity index (χ1n) is 5.36. The first-order valence-corrected chi connectivity index (χ1v) is 5.36. The Kier molecular flexibility index (Phi) is 4.72. The lowest BCUT2D eigenvalue weighted by atomic mass is 10.3. The summed E-state index contributed by atoms with van der Waals surface area (Å²) in [5.41, 5.74) is 7.44. The SMILES string of the molecule is CCCCO.Cc1cc2[nH]nc(N)c2cn1. The number of nitrogens with two attached hydrogens (primary N) is 1. The number of aryl methyl sites for hydroxylation is 1. The highest BCUT2D eigenvalue weighted by Crippen LogP contribution is 2.15. The normalized spacial score (nSPS) is 9.94. The van der Waals surface area contributed by atoms with Crippen molar-refractivity contribution < 1.29 is 5.11 Å². The summed E-state index contributed by atoms with van der Waals surface area (Å²) in [7, 11) is 0. The molecule has 5 heteroatoms. The number of pyridine rings is 1. The molecule has 0 saturated carbocycles. The smallest absolute Gasteiger partial charge is 0.154 e. The van der Waals surface area contributed by atoms with Gasteiger partial charge in [0.15, 0.2) is 5.82 Å². The van der Waals surface area contributed by atoms with Gasteiger partial charge in [0.05, 0.1) is 10.9 Å². The number of H-pyrrole nitrogens is 1. The van der Waals surface area contributed by atoms with Crippen LogP contribution in [0.2, 0.25) is 0 Å². The summed E-state index contributed by atoms with van der Waals surface area (Å²) in [6, 6.07) is 1.92. The molecule has 0 radical (unpaired) electrons. The maximum absolute atomic E-state index is 8.07. The lowest BCUT2D eigenvalue weighted by molar-refractivity contribution is 0.287. The topological polar surface area (TPSA) is 87.8 Å². The lowest BCUT2D eigenvalue weighted by Crippen LogP contribution is -1.84. The number of hydrogen-bond donors (Lipinski definition) is 3. The van der Waals surface area contributed by atoms with Crippen molar-refractivity contribution in [1.29, 1.82) is 0 Å². The monoisotopic (exact) mass is 222 g/mol. The second-order valence-electron chi connectivity index (χ2n) is 3.56. The first kappa shape index (κ1) is 12.4. The minimum Gasteiger partial charge on any atom is -0.396 e. The first-order chi connectivity index (χ1) is 7.69.